The van der Waals surface area contributed by atoms with Crippen LogP contribution in [0.2, 0.25) is 0 Å². The number of rotatable bonds is 18. The number of ether oxygens (including phenoxy) is 4. The molecule has 3 atom stereocenters. The molecule has 1 unspecified atom stereocenters. The Morgan fingerprint density at radius 3 is 2.36 bits per heavy atom. The van der Waals surface area contributed by atoms with Crippen LogP contribution in [0.1, 0.15) is 65.5 Å². The van der Waals surface area contributed by atoms with E-state index in [1.54, 1.807) is 42.6 Å². The molecule has 5 aliphatic rings. The van der Waals surface area contributed by atoms with Gasteiger partial charge >= 0.3 is 18.6 Å². The second kappa shape index (κ2) is 18.9. The number of alkyl halides is 2. The topological polar surface area (TPSA) is 149 Å². The van der Waals surface area contributed by atoms with Crippen molar-refractivity contribution in [2.45, 2.75) is 56.8 Å². The van der Waals surface area contributed by atoms with Crippen LogP contribution in [0.3, 0.4) is 0 Å². The number of nitrogens with two attached hydrogens (primary N) is 1. The van der Waals surface area contributed by atoms with E-state index in [0.717, 1.165) is 45.0 Å². The molecule has 3 aromatic carbocycles. The summed E-state index contributed by atoms with van der Waals surface area (Å²) >= 11 is 13.2. The molecule has 1 aliphatic carbocycles. The Hall–Kier alpha value is -4.41. The van der Waals surface area contributed by atoms with E-state index in [2.05, 4.69) is 14.9 Å². The van der Waals surface area contributed by atoms with Gasteiger partial charge in [0.15, 0.2) is 17.5 Å². The fourth-order valence-corrected chi connectivity index (χ4v) is 8.78. The number of hydrogen-bond donors (Lipinski definition) is 3. The number of esters is 2. The van der Waals surface area contributed by atoms with E-state index in [1.807, 2.05) is 11.4 Å². The summed E-state index contributed by atoms with van der Waals surface area (Å²) in [5, 5.41) is 5.94. The third-order valence-electron chi connectivity index (χ3n) is 10.9. The minimum Gasteiger partial charge on any atom is -0.489 e. The fraction of sp³-hybridized carbons (Fsp3) is 0.429. The molecule has 17 heteroatoms. The van der Waals surface area contributed by atoms with Crippen molar-refractivity contribution in [3.8, 4) is 11.5 Å². The highest BCUT2D eigenvalue weighted by molar-refractivity contribution is 7.92. The first-order valence-electron chi connectivity index (χ1n) is 19.6. The van der Waals surface area contributed by atoms with Crippen molar-refractivity contribution in [1.29, 1.82) is 0 Å². The molecule has 8 rings (SSSR count). The minimum atomic E-state index is -3.80. The first-order chi connectivity index (χ1) is 28.3. The van der Waals surface area contributed by atoms with Gasteiger partial charge in [0.2, 0.25) is 10.0 Å². The highest BCUT2D eigenvalue weighted by atomic mass is 35.5. The second-order valence-electron chi connectivity index (χ2n) is 15.5. The van der Waals surface area contributed by atoms with Gasteiger partial charge < -0.3 is 29.6 Å². The van der Waals surface area contributed by atoms with Gasteiger partial charge in [-0.05, 0) is 104 Å². The van der Waals surface area contributed by atoms with Gasteiger partial charge in [0, 0.05) is 18.2 Å². The summed E-state index contributed by atoms with van der Waals surface area (Å²) in [7, 11) is -3.80. The average molecular weight is 877 g/mol. The van der Waals surface area contributed by atoms with E-state index < -0.39 is 40.5 Å². The maximum absolute atomic E-state index is 14.0. The SMILES string of the molecule is CS(=O)(=O)Nc1cc(NC(C(=O)O[C@H]2CN3CCC2CC3)c2ccccc2)cc(C(=O)OC[C@@H](CC2=C(Cl)C[NH2+]C=C2Cl)c2ccc(OC(F)F)c(OCC3CC3)c2)c1. The van der Waals surface area contributed by atoms with Crippen molar-refractivity contribution < 1.29 is 51.1 Å². The summed E-state index contributed by atoms with van der Waals surface area (Å²) in [4.78, 5) is 30.2. The van der Waals surface area contributed by atoms with Crippen LogP contribution in [0.5, 0.6) is 11.5 Å². The van der Waals surface area contributed by atoms with Crippen LogP contribution in [0.4, 0.5) is 20.2 Å². The van der Waals surface area contributed by atoms with E-state index in [-0.39, 0.29) is 53.5 Å². The van der Waals surface area contributed by atoms with Gasteiger partial charge in [-0.25, -0.2) is 18.0 Å². The molecule has 3 aromatic rings. The number of carbonyl (C=O) groups is 2. The van der Waals surface area contributed by atoms with Crippen LogP contribution < -0.4 is 24.8 Å². The molecule has 59 heavy (non-hydrogen) atoms. The number of quaternary nitrogens is 1. The van der Waals surface area contributed by atoms with Crippen molar-refractivity contribution in [2.24, 2.45) is 11.8 Å². The molecule has 316 valence electrons. The Morgan fingerprint density at radius 1 is 0.949 bits per heavy atom. The molecule has 2 bridgehead atoms. The van der Waals surface area contributed by atoms with E-state index in [9.17, 15) is 26.8 Å². The first-order valence-corrected chi connectivity index (χ1v) is 22.3. The summed E-state index contributed by atoms with van der Waals surface area (Å²) in [6.07, 6.45) is 6.54. The molecule has 4 heterocycles. The molecular formula is C42H47Cl2F2N4O8S+. The predicted molar refractivity (Wildman–Crippen MR) is 219 cm³/mol. The fourth-order valence-electron chi connectivity index (χ4n) is 7.64. The maximum Gasteiger partial charge on any atom is 0.387 e. The predicted octanol–water partition coefficient (Wildman–Crippen LogP) is 6.72. The third kappa shape index (κ3) is 11.7. The van der Waals surface area contributed by atoms with Crippen LogP contribution in [-0.4, -0.2) is 83.6 Å². The zero-order valence-corrected chi connectivity index (χ0v) is 34.7. The Kier molecular flexibility index (Phi) is 13.7. The number of allylic oxidation sites excluding steroid dienone is 2. The summed E-state index contributed by atoms with van der Waals surface area (Å²) in [6, 6.07) is 16.9. The number of halogens is 4. The van der Waals surface area contributed by atoms with Gasteiger partial charge in [0.05, 0.1) is 40.8 Å². The highest BCUT2D eigenvalue weighted by Crippen LogP contribution is 2.39. The molecule has 4 N–H and O–H groups in total. The zero-order chi connectivity index (χ0) is 41.7. The number of fused-ring (bicyclic) bond motifs is 3. The van der Waals surface area contributed by atoms with E-state index >= 15 is 0 Å². The molecular weight excluding hydrogens is 829 g/mol. The van der Waals surface area contributed by atoms with E-state index in [1.165, 1.54) is 24.3 Å². The van der Waals surface area contributed by atoms with Crippen molar-refractivity contribution in [3.63, 3.8) is 0 Å². The van der Waals surface area contributed by atoms with Gasteiger partial charge in [0.1, 0.15) is 18.8 Å². The molecule has 0 aromatic heterocycles. The van der Waals surface area contributed by atoms with Gasteiger partial charge in [-0.2, -0.15) is 8.78 Å². The van der Waals surface area contributed by atoms with Crippen LogP contribution >= 0.6 is 23.2 Å². The number of hydrogen-bond acceptors (Lipinski definition) is 10. The van der Waals surface area contributed by atoms with Crippen LogP contribution in [0, 0.1) is 11.8 Å². The lowest BCUT2D eigenvalue weighted by Gasteiger charge is -2.44. The molecule has 3 saturated heterocycles. The van der Waals surface area contributed by atoms with Crippen molar-refractivity contribution in [1.82, 2.24) is 4.90 Å². The summed E-state index contributed by atoms with van der Waals surface area (Å²) in [5.41, 5.74) is 2.11. The Bertz CT molecular complexity index is 2180. The van der Waals surface area contributed by atoms with Crippen LogP contribution in [0.25, 0.3) is 0 Å². The summed E-state index contributed by atoms with van der Waals surface area (Å²) in [6.45, 7) is 0.111. The molecule has 0 spiro atoms. The number of anilines is 2. The Balaban J connectivity index is 1.16. The van der Waals surface area contributed by atoms with Crippen LogP contribution in [-0.2, 0) is 24.3 Å². The average Bonchev–Trinajstić information content (AvgIpc) is 4.04. The summed E-state index contributed by atoms with van der Waals surface area (Å²) in [5.74, 6) is -1.30. The number of nitrogens with zero attached hydrogens (tertiary/aromatic N) is 1. The van der Waals surface area contributed by atoms with E-state index in [4.69, 9.17) is 42.1 Å². The Labute approximate surface area is 352 Å². The molecule has 0 radical (unpaired) electrons. The number of piperidine rings is 3. The first kappa shape index (κ1) is 42.7. The normalized spacial score (nSPS) is 21.3. The highest BCUT2D eigenvalue weighted by Gasteiger charge is 2.38. The van der Waals surface area contributed by atoms with Gasteiger partial charge in [-0.15, -0.1) is 0 Å². The smallest absolute Gasteiger partial charge is 0.387 e. The minimum absolute atomic E-state index is 0.0194. The van der Waals surface area contributed by atoms with Gasteiger partial charge in [-0.1, -0.05) is 59.6 Å². The maximum atomic E-state index is 14.0. The Morgan fingerprint density at radius 2 is 1.69 bits per heavy atom. The number of nitrogens with one attached hydrogen (secondary N) is 2. The van der Waals surface area contributed by atoms with Crippen LogP contribution in [0.15, 0.2) is 88.6 Å². The van der Waals surface area contributed by atoms with Gasteiger partial charge in [-0.3, -0.25) is 9.62 Å². The third-order valence-corrected chi connectivity index (χ3v) is 12.2. The molecule has 1 saturated carbocycles. The van der Waals surface area contributed by atoms with Crippen molar-refractivity contribution in [2.75, 3.05) is 55.7 Å². The number of sulfonamides is 1. The largest absolute Gasteiger partial charge is 0.489 e. The quantitative estimate of drug-likeness (QED) is 0.118. The van der Waals surface area contributed by atoms with Gasteiger partial charge in [0.25, 0.3) is 0 Å². The number of carbonyl (C=O) groups excluding carboxylic acids is 2. The molecule has 0 amide bonds. The lowest BCUT2D eigenvalue weighted by atomic mass is 9.86. The monoisotopic (exact) mass is 875 g/mol. The number of benzene rings is 3. The molecule has 12 nitrogen and oxygen atoms in total. The molecule has 4 aliphatic heterocycles. The molecule has 4 fully saturated rings. The lowest BCUT2D eigenvalue weighted by molar-refractivity contribution is -0.580. The van der Waals surface area contributed by atoms with Crippen molar-refractivity contribution in [3.05, 3.63) is 105 Å². The summed E-state index contributed by atoms with van der Waals surface area (Å²) < 4.78 is 76.7. The standard InChI is InChI=1S/C42H46Cl2F2N4O8S/c1-59(53,54)49-32-16-29(15-31(19-32)48-39(27-5-3-2-4-6-27)41(52)57-38-22-50-13-11-26(38)12-14-50)40(51)56-24-30(17-33-34(43)20-47-21-35(33)44)28-9-10-36(58-42(45)46)37(18-28)55-23-25-7-8-25/h2-6,9-10,15-16,18-20,25-26,30,38-39,42,47-49H,7-8,11-14,17,21-24H2,1H3/p+1/t30-,38+,39?/m1/s1. The van der Waals surface area contributed by atoms with Crippen molar-refractivity contribution >= 4 is 56.5 Å². The lowest BCUT2D eigenvalue weighted by Crippen LogP contribution is -2.79. The zero-order valence-electron chi connectivity index (χ0n) is 32.4. The van der Waals surface area contributed by atoms with E-state index in [0.29, 0.717) is 52.4 Å². The second-order valence-corrected chi connectivity index (χ2v) is 18.1.